The van der Waals surface area contributed by atoms with Crippen LogP contribution in [0.15, 0.2) is 24.3 Å². The minimum absolute atomic E-state index is 0.135. The van der Waals surface area contributed by atoms with Gasteiger partial charge in [0, 0.05) is 0 Å². The maximum absolute atomic E-state index is 9.53. The topological polar surface area (TPSA) is 29.5 Å². The van der Waals surface area contributed by atoms with E-state index in [0.717, 1.165) is 11.1 Å². The first kappa shape index (κ1) is 7.77. The average Bonchev–Trinajstić information content (AvgIpc) is 2.12. The molecule has 0 bridgehead atoms. The lowest BCUT2D eigenvalue weighted by molar-refractivity contribution is -0.0118. The molecular formula is C10H11O2. The van der Waals surface area contributed by atoms with Gasteiger partial charge >= 0.3 is 0 Å². The number of hydrogen-bond acceptors (Lipinski definition) is 2. The highest BCUT2D eigenvalue weighted by molar-refractivity contribution is 5.33. The van der Waals surface area contributed by atoms with Gasteiger partial charge in [0.15, 0.2) is 0 Å². The molecule has 1 heterocycles. The molecule has 2 unspecified atom stereocenters. The smallest absolute Gasteiger partial charge is 0.103 e. The van der Waals surface area contributed by atoms with Crippen molar-refractivity contribution in [3.8, 4) is 0 Å². The van der Waals surface area contributed by atoms with Gasteiger partial charge in [0.05, 0.1) is 12.7 Å². The molecule has 1 N–H and O–H groups in total. The van der Waals surface area contributed by atoms with E-state index in [0.29, 0.717) is 6.61 Å². The summed E-state index contributed by atoms with van der Waals surface area (Å²) in [6.45, 7) is 4.19. The van der Waals surface area contributed by atoms with Crippen molar-refractivity contribution in [2.75, 3.05) is 6.61 Å². The Morgan fingerprint density at radius 1 is 1.33 bits per heavy atom. The largest absolute Gasteiger partial charge is 0.386 e. The number of fused-ring (bicyclic) bond motifs is 1. The molecule has 2 nitrogen and oxygen atoms in total. The summed E-state index contributed by atoms with van der Waals surface area (Å²) in [5.74, 6) is 0. The molecule has 0 amide bonds. The second kappa shape index (κ2) is 2.88. The number of aliphatic hydroxyl groups excluding tert-OH is 1. The molecule has 0 fully saturated rings. The number of rotatable bonds is 0. The van der Waals surface area contributed by atoms with E-state index in [1.807, 2.05) is 24.3 Å². The Hall–Kier alpha value is -0.860. The van der Waals surface area contributed by atoms with Crippen molar-refractivity contribution in [2.45, 2.75) is 12.2 Å². The fourth-order valence-corrected chi connectivity index (χ4v) is 1.49. The van der Waals surface area contributed by atoms with Crippen LogP contribution in [0.1, 0.15) is 23.3 Å². The van der Waals surface area contributed by atoms with E-state index in [4.69, 9.17) is 4.74 Å². The third-order valence-corrected chi connectivity index (χ3v) is 2.16. The predicted molar refractivity (Wildman–Crippen MR) is 45.5 cm³/mol. The normalized spacial score (nSPS) is 28.2. The van der Waals surface area contributed by atoms with E-state index in [2.05, 4.69) is 6.92 Å². The Balaban J connectivity index is 2.47. The van der Waals surface area contributed by atoms with Crippen LogP contribution in [0, 0.1) is 6.92 Å². The van der Waals surface area contributed by atoms with Crippen LogP contribution in [0.5, 0.6) is 0 Å². The molecule has 12 heavy (non-hydrogen) atoms. The Bertz CT molecular complexity index is 254. The lowest BCUT2D eigenvalue weighted by Gasteiger charge is -2.26. The first-order chi connectivity index (χ1) is 5.79. The Morgan fingerprint density at radius 3 is 2.67 bits per heavy atom. The third-order valence-electron chi connectivity index (χ3n) is 2.16. The van der Waals surface area contributed by atoms with Crippen molar-refractivity contribution in [1.29, 1.82) is 0 Å². The average molecular weight is 163 g/mol. The molecular weight excluding hydrogens is 152 g/mol. The molecule has 1 aliphatic heterocycles. The standard InChI is InChI=1S/C10H11O2/c1-7-8-4-2-3-5-9(8)10(11)6-12-7/h2-5,7,10-11H,1,6H2. The van der Waals surface area contributed by atoms with Crippen molar-refractivity contribution in [2.24, 2.45) is 0 Å². The summed E-state index contributed by atoms with van der Waals surface area (Å²) in [4.78, 5) is 0. The van der Waals surface area contributed by atoms with Crippen molar-refractivity contribution in [3.63, 3.8) is 0 Å². The van der Waals surface area contributed by atoms with Crippen molar-refractivity contribution >= 4 is 0 Å². The monoisotopic (exact) mass is 163 g/mol. The fraction of sp³-hybridized carbons (Fsp3) is 0.300. The van der Waals surface area contributed by atoms with Gasteiger partial charge in [0.2, 0.25) is 0 Å². The first-order valence-electron chi connectivity index (χ1n) is 4.00. The summed E-state index contributed by atoms with van der Waals surface area (Å²) in [5, 5.41) is 9.53. The van der Waals surface area contributed by atoms with Gasteiger partial charge in [-0.3, -0.25) is 0 Å². The number of hydrogen-bond donors (Lipinski definition) is 1. The minimum atomic E-state index is -0.487. The lowest BCUT2D eigenvalue weighted by atomic mass is 9.97. The van der Waals surface area contributed by atoms with Crippen LogP contribution >= 0.6 is 0 Å². The van der Waals surface area contributed by atoms with Gasteiger partial charge in [-0.2, -0.15) is 0 Å². The predicted octanol–water partition coefficient (Wildman–Crippen LogP) is 1.63. The fourth-order valence-electron chi connectivity index (χ4n) is 1.49. The van der Waals surface area contributed by atoms with Crippen LogP contribution in [-0.4, -0.2) is 11.7 Å². The highest BCUT2D eigenvalue weighted by Crippen LogP contribution is 2.31. The maximum atomic E-state index is 9.53. The van der Waals surface area contributed by atoms with Gasteiger partial charge in [-0.15, -0.1) is 0 Å². The number of ether oxygens (including phenoxy) is 1. The molecule has 0 saturated heterocycles. The lowest BCUT2D eigenvalue weighted by Crippen LogP contribution is -2.19. The summed E-state index contributed by atoms with van der Waals surface area (Å²) in [7, 11) is 0. The minimum Gasteiger partial charge on any atom is -0.386 e. The highest BCUT2D eigenvalue weighted by atomic mass is 16.5. The van der Waals surface area contributed by atoms with Crippen molar-refractivity contribution in [3.05, 3.63) is 42.3 Å². The van der Waals surface area contributed by atoms with Gasteiger partial charge in [-0.1, -0.05) is 24.3 Å². The molecule has 1 aromatic rings. The quantitative estimate of drug-likeness (QED) is 0.629. The van der Waals surface area contributed by atoms with Gasteiger partial charge in [0.1, 0.15) is 6.10 Å². The summed E-state index contributed by atoms with van der Waals surface area (Å²) in [6, 6.07) is 7.70. The van der Waals surface area contributed by atoms with Crippen LogP contribution < -0.4 is 0 Å². The molecule has 0 aliphatic carbocycles. The summed E-state index contributed by atoms with van der Waals surface area (Å²) in [5.41, 5.74) is 1.94. The molecule has 0 aromatic heterocycles. The van der Waals surface area contributed by atoms with Crippen molar-refractivity contribution in [1.82, 2.24) is 0 Å². The van der Waals surface area contributed by atoms with Gasteiger partial charge in [-0.05, 0) is 18.1 Å². The molecule has 2 rings (SSSR count). The van der Waals surface area contributed by atoms with Crippen molar-refractivity contribution < 1.29 is 9.84 Å². The zero-order valence-electron chi connectivity index (χ0n) is 6.73. The Kier molecular flexibility index (Phi) is 1.87. The molecule has 0 saturated carbocycles. The zero-order chi connectivity index (χ0) is 8.55. The van der Waals surface area contributed by atoms with Crippen LogP contribution in [0.3, 0.4) is 0 Å². The van der Waals surface area contributed by atoms with Gasteiger partial charge in [0.25, 0.3) is 0 Å². The molecule has 1 aromatic carbocycles. The third kappa shape index (κ3) is 1.13. The highest BCUT2D eigenvalue weighted by Gasteiger charge is 2.22. The van der Waals surface area contributed by atoms with E-state index in [9.17, 15) is 5.11 Å². The van der Waals surface area contributed by atoms with E-state index in [-0.39, 0.29) is 6.10 Å². The molecule has 0 spiro atoms. The molecule has 2 atom stereocenters. The Morgan fingerprint density at radius 2 is 2.00 bits per heavy atom. The van der Waals surface area contributed by atoms with E-state index in [1.165, 1.54) is 0 Å². The Labute approximate surface area is 71.8 Å². The summed E-state index contributed by atoms with van der Waals surface area (Å²) >= 11 is 0. The number of aliphatic hydroxyl groups is 1. The van der Waals surface area contributed by atoms with Crippen LogP contribution in [-0.2, 0) is 4.74 Å². The second-order valence-corrected chi connectivity index (χ2v) is 2.97. The zero-order valence-corrected chi connectivity index (χ0v) is 6.73. The van der Waals surface area contributed by atoms with E-state index < -0.39 is 6.10 Å². The molecule has 63 valence electrons. The van der Waals surface area contributed by atoms with E-state index in [1.54, 1.807) is 0 Å². The van der Waals surface area contributed by atoms with Gasteiger partial charge in [-0.25, -0.2) is 0 Å². The molecule has 1 radical (unpaired) electrons. The summed E-state index contributed by atoms with van der Waals surface area (Å²) < 4.78 is 5.26. The first-order valence-corrected chi connectivity index (χ1v) is 4.00. The molecule has 1 aliphatic rings. The summed E-state index contributed by atoms with van der Waals surface area (Å²) in [6.07, 6.45) is -0.621. The molecule has 2 heteroatoms. The van der Waals surface area contributed by atoms with Crippen LogP contribution in [0.2, 0.25) is 0 Å². The SMILES string of the molecule is [CH2]C1OCC(O)c2ccccc21. The number of benzene rings is 1. The van der Waals surface area contributed by atoms with E-state index >= 15 is 0 Å². The van der Waals surface area contributed by atoms with Crippen LogP contribution in [0.25, 0.3) is 0 Å². The second-order valence-electron chi connectivity index (χ2n) is 2.97. The van der Waals surface area contributed by atoms with Crippen LogP contribution in [0.4, 0.5) is 0 Å². The maximum Gasteiger partial charge on any atom is 0.103 e. The van der Waals surface area contributed by atoms with Gasteiger partial charge < -0.3 is 9.84 Å².